The maximum absolute atomic E-state index is 10.9. The van der Waals surface area contributed by atoms with Crippen molar-refractivity contribution in [1.82, 2.24) is 35.4 Å². The minimum atomic E-state index is -0.952. The Balaban J connectivity index is 2.29. The molecule has 16 heavy (non-hydrogen) atoms. The second-order valence-electron chi connectivity index (χ2n) is 3.05. The zero-order chi connectivity index (χ0) is 11.5. The second kappa shape index (κ2) is 4.04. The summed E-state index contributed by atoms with van der Waals surface area (Å²) in [5.74, 6) is -0.473. The van der Waals surface area contributed by atoms with Crippen LogP contribution in [0.25, 0.3) is 11.6 Å². The Morgan fingerprint density at radius 3 is 3.00 bits per heavy atom. The molecule has 9 nitrogen and oxygen atoms in total. The van der Waals surface area contributed by atoms with Crippen LogP contribution in [0.5, 0.6) is 0 Å². The van der Waals surface area contributed by atoms with Crippen molar-refractivity contribution in [3.63, 3.8) is 0 Å². The van der Waals surface area contributed by atoms with Gasteiger partial charge in [-0.2, -0.15) is 5.21 Å². The van der Waals surface area contributed by atoms with Gasteiger partial charge in [0.25, 0.3) is 0 Å². The second-order valence-corrected chi connectivity index (χ2v) is 3.05. The number of H-pyrrole nitrogens is 1. The monoisotopic (exact) mass is 223 g/mol. The number of carboxylic acids is 1. The molecule has 0 saturated heterocycles. The van der Waals surface area contributed by atoms with Gasteiger partial charge in [0.2, 0.25) is 11.6 Å². The van der Waals surface area contributed by atoms with Crippen LogP contribution in [-0.2, 0) is 4.79 Å². The molecule has 2 aromatic heterocycles. The smallest absolute Gasteiger partial charge is 0.328 e. The van der Waals surface area contributed by atoms with Crippen LogP contribution in [0.15, 0.2) is 6.33 Å². The molecule has 0 amide bonds. The molecule has 2 aromatic rings. The van der Waals surface area contributed by atoms with Crippen LogP contribution in [0.4, 0.5) is 0 Å². The lowest BCUT2D eigenvalue weighted by Gasteiger charge is -2.07. The lowest BCUT2D eigenvalue weighted by atomic mass is 10.2. The summed E-state index contributed by atoms with van der Waals surface area (Å²) >= 11 is 0. The van der Waals surface area contributed by atoms with E-state index < -0.39 is 12.0 Å². The number of rotatable bonds is 4. The highest BCUT2D eigenvalue weighted by Crippen LogP contribution is 2.12. The van der Waals surface area contributed by atoms with Gasteiger partial charge in [-0.1, -0.05) is 6.92 Å². The Kier molecular flexibility index (Phi) is 2.58. The first-order valence-corrected chi connectivity index (χ1v) is 4.60. The molecular formula is C7H9N7O2. The summed E-state index contributed by atoms with van der Waals surface area (Å²) in [7, 11) is 0. The van der Waals surface area contributed by atoms with E-state index in [1.165, 1.54) is 11.0 Å². The molecule has 2 rings (SSSR count). The topological polar surface area (TPSA) is 122 Å². The van der Waals surface area contributed by atoms with Crippen molar-refractivity contribution < 1.29 is 9.90 Å². The van der Waals surface area contributed by atoms with E-state index in [2.05, 4.69) is 30.7 Å². The van der Waals surface area contributed by atoms with Crippen molar-refractivity contribution in [2.24, 2.45) is 0 Å². The van der Waals surface area contributed by atoms with E-state index in [1.54, 1.807) is 6.92 Å². The number of hydrogen-bond donors (Lipinski definition) is 2. The molecular weight excluding hydrogens is 214 g/mol. The molecule has 0 fully saturated rings. The zero-order valence-corrected chi connectivity index (χ0v) is 8.40. The summed E-state index contributed by atoms with van der Waals surface area (Å²) in [6, 6.07) is -0.729. The first kappa shape index (κ1) is 10.2. The highest BCUT2D eigenvalue weighted by atomic mass is 16.4. The van der Waals surface area contributed by atoms with Crippen molar-refractivity contribution in [2.45, 2.75) is 19.4 Å². The molecule has 2 N–H and O–H groups in total. The fraction of sp³-hybridized carbons (Fsp3) is 0.429. The molecule has 0 aromatic carbocycles. The van der Waals surface area contributed by atoms with Gasteiger partial charge >= 0.3 is 5.97 Å². The summed E-state index contributed by atoms with van der Waals surface area (Å²) in [6.07, 6.45) is 1.76. The highest BCUT2D eigenvalue weighted by Gasteiger charge is 2.20. The predicted molar refractivity (Wildman–Crippen MR) is 50.2 cm³/mol. The number of tetrazole rings is 1. The third-order valence-corrected chi connectivity index (χ3v) is 2.04. The fourth-order valence-corrected chi connectivity index (χ4v) is 1.26. The highest BCUT2D eigenvalue weighted by molar-refractivity contribution is 5.71. The van der Waals surface area contributed by atoms with E-state index in [1.807, 2.05) is 0 Å². The van der Waals surface area contributed by atoms with Crippen LogP contribution in [-0.4, -0.2) is 46.5 Å². The lowest BCUT2D eigenvalue weighted by molar-refractivity contribution is -0.141. The van der Waals surface area contributed by atoms with Crippen molar-refractivity contribution in [3.8, 4) is 11.6 Å². The molecule has 0 saturated carbocycles. The van der Waals surface area contributed by atoms with Gasteiger partial charge in [-0.25, -0.2) is 14.5 Å². The molecule has 0 spiro atoms. The molecule has 1 unspecified atom stereocenters. The van der Waals surface area contributed by atoms with Crippen molar-refractivity contribution in [2.75, 3.05) is 0 Å². The van der Waals surface area contributed by atoms with Gasteiger partial charge in [-0.15, -0.1) is 15.3 Å². The number of carbonyl (C=O) groups is 1. The van der Waals surface area contributed by atoms with Gasteiger partial charge in [0.1, 0.15) is 6.33 Å². The van der Waals surface area contributed by atoms with Gasteiger partial charge in [0.05, 0.1) is 0 Å². The maximum Gasteiger partial charge on any atom is 0.328 e. The summed E-state index contributed by atoms with van der Waals surface area (Å²) in [5, 5.41) is 25.9. The Bertz CT molecular complexity index is 477. The molecule has 0 aliphatic rings. The van der Waals surface area contributed by atoms with Crippen LogP contribution in [0.1, 0.15) is 19.4 Å². The van der Waals surface area contributed by atoms with E-state index in [9.17, 15) is 4.79 Å². The first-order chi connectivity index (χ1) is 7.72. The van der Waals surface area contributed by atoms with E-state index in [0.717, 1.165) is 0 Å². The normalized spacial score (nSPS) is 12.6. The third kappa shape index (κ3) is 1.74. The number of aliphatic carboxylic acids is 1. The lowest BCUT2D eigenvalue weighted by Crippen LogP contribution is -2.18. The van der Waals surface area contributed by atoms with Crippen LogP contribution < -0.4 is 0 Å². The molecule has 0 aliphatic carbocycles. The Labute approximate surface area is 89.5 Å². The largest absolute Gasteiger partial charge is 0.480 e. The predicted octanol–water partition coefficient (Wildman–Crippen LogP) is -0.506. The van der Waals surface area contributed by atoms with E-state index >= 15 is 0 Å². The SMILES string of the molecule is CCC(C(=O)O)n1cnc(-c2nn[nH]n2)n1. The Morgan fingerprint density at radius 2 is 2.44 bits per heavy atom. The van der Waals surface area contributed by atoms with Gasteiger partial charge in [0, 0.05) is 0 Å². The number of nitrogens with one attached hydrogen (secondary N) is 1. The van der Waals surface area contributed by atoms with Gasteiger partial charge in [0.15, 0.2) is 6.04 Å². The Morgan fingerprint density at radius 1 is 1.62 bits per heavy atom. The van der Waals surface area contributed by atoms with E-state index in [-0.39, 0.29) is 11.6 Å². The quantitative estimate of drug-likeness (QED) is 0.715. The number of nitrogens with zero attached hydrogens (tertiary/aromatic N) is 6. The van der Waals surface area contributed by atoms with Gasteiger partial charge < -0.3 is 5.11 Å². The minimum absolute atomic E-state index is 0.235. The minimum Gasteiger partial charge on any atom is -0.480 e. The fourth-order valence-electron chi connectivity index (χ4n) is 1.26. The molecule has 2 heterocycles. The van der Waals surface area contributed by atoms with Crippen molar-refractivity contribution in [1.29, 1.82) is 0 Å². The molecule has 1 atom stereocenters. The molecule has 84 valence electrons. The van der Waals surface area contributed by atoms with Gasteiger partial charge in [-0.3, -0.25) is 0 Å². The van der Waals surface area contributed by atoms with Crippen LogP contribution in [0, 0.1) is 0 Å². The van der Waals surface area contributed by atoms with Crippen LogP contribution >= 0.6 is 0 Å². The number of aromatic amines is 1. The molecule has 0 aliphatic heterocycles. The van der Waals surface area contributed by atoms with Crippen molar-refractivity contribution in [3.05, 3.63) is 6.33 Å². The number of carboxylic acid groups (broad SMARTS) is 1. The molecule has 0 radical (unpaired) electrons. The summed E-state index contributed by atoms with van der Waals surface area (Å²) in [4.78, 5) is 14.8. The standard InChI is InChI=1S/C7H9N7O2/c1-2-4(7(15)16)14-3-8-5(11-14)6-9-12-13-10-6/h3-4H,2H2,1H3,(H,15,16)(H,9,10,12,13). The summed E-state index contributed by atoms with van der Waals surface area (Å²) in [5.41, 5.74) is 0. The third-order valence-electron chi connectivity index (χ3n) is 2.04. The zero-order valence-electron chi connectivity index (χ0n) is 8.40. The molecule has 9 heteroatoms. The first-order valence-electron chi connectivity index (χ1n) is 4.60. The maximum atomic E-state index is 10.9. The number of aromatic nitrogens is 7. The summed E-state index contributed by atoms with van der Waals surface area (Å²) in [6.45, 7) is 1.76. The Hall–Kier alpha value is -2.32. The summed E-state index contributed by atoms with van der Waals surface area (Å²) < 4.78 is 1.27. The van der Waals surface area contributed by atoms with Crippen molar-refractivity contribution >= 4 is 5.97 Å². The van der Waals surface area contributed by atoms with Gasteiger partial charge in [-0.05, 0) is 11.6 Å². The average molecular weight is 223 g/mol. The van der Waals surface area contributed by atoms with E-state index in [0.29, 0.717) is 6.42 Å². The molecule has 0 bridgehead atoms. The van der Waals surface area contributed by atoms with Crippen LogP contribution in [0.3, 0.4) is 0 Å². The van der Waals surface area contributed by atoms with Crippen LogP contribution in [0.2, 0.25) is 0 Å². The van der Waals surface area contributed by atoms with E-state index in [4.69, 9.17) is 5.11 Å². The average Bonchev–Trinajstić information content (AvgIpc) is 2.86. The number of hydrogen-bond acceptors (Lipinski definition) is 6.